The lowest BCUT2D eigenvalue weighted by Crippen LogP contribution is -1.88. The van der Waals surface area contributed by atoms with Crippen molar-refractivity contribution in [2.75, 3.05) is 13.1 Å². The summed E-state index contributed by atoms with van der Waals surface area (Å²) in [5.41, 5.74) is 17.6. The van der Waals surface area contributed by atoms with Gasteiger partial charge in [-0.05, 0) is 149 Å². The Morgan fingerprint density at radius 1 is 0.303 bits per heavy atom. The fourth-order valence-electron chi connectivity index (χ4n) is 8.98. The fourth-order valence-corrected chi connectivity index (χ4v) is 8.98. The number of aromatic nitrogens is 9. The van der Waals surface area contributed by atoms with E-state index in [9.17, 15) is 0 Å². The monoisotopic (exact) mass is 1170 g/mol. The van der Waals surface area contributed by atoms with Gasteiger partial charge in [0.1, 0.15) is 12.7 Å². The second kappa shape index (κ2) is 39.5. The number of fused-ring (bicyclic) bond motifs is 7. The van der Waals surface area contributed by atoms with Crippen molar-refractivity contribution < 1.29 is 0 Å². The zero-order valence-electron chi connectivity index (χ0n) is 50.0. The van der Waals surface area contributed by atoms with E-state index in [0.717, 1.165) is 93.7 Å². The molecule has 3 aliphatic heterocycles. The van der Waals surface area contributed by atoms with E-state index >= 15 is 0 Å². The molecule has 13 nitrogen and oxygen atoms in total. The second-order valence-electron chi connectivity index (χ2n) is 19.8. The van der Waals surface area contributed by atoms with Gasteiger partial charge in [-0.25, -0.2) is 15.0 Å². The molecule has 0 amide bonds. The summed E-state index contributed by atoms with van der Waals surface area (Å²) in [5.74, 6) is 0. The third kappa shape index (κ3) is 24.1. The molecular weight excluding hydrogens is 1090 g/mol. The summed E-state index contributed by atoms with van der Waals surface area (Å²) in [6.45, 7) is 1.67. The van der Waals surface area contributed by atoms with Crippen LogP contribution in [0.5, 0.6) is 0 Å². The van der Waals surface area contributed by atoms with Gasteiger partial charge in [0.25, 0.3) is 0 Å². The van der Waals surface area contributed by atoms with Crippen LogP contribution in [0, 0.1) is 0 Å². The standard InChI is InChI=1S/C9H8.4C8H7N.2C7H6N2.C5H5N.C5H6.2C4H5N.C3H4N2/c1-2-5-9-7-3-6-8(9)4-1;2*1-3-7-4-2-6-9-8(7)5-1;2*1-2-7-4-5-9-6-8(7)3-1;1-2-6-4-8-5-9-7(6)3-1;1-2-6-7(3-1)9-5-4-8-6;1-2-4-6-5-3-1;3*1-2-4-5-3-1;1-2-5-3-4-1/h1-6H,7H2;1-2,4-6H,3H2;1-4,6H,5H2;1,3-6H,2H2;1-2,4-6H,3H2;1,3-5H,2H2;1-2,4-5H,3H2;1-5H;1-4H,5H2;1,3-4H,2H2;1-3H,4H2;1,3H,2H2. The van der Waals surface area contributed by atoms with Crippen LogP contribution in [0.1, 0.15) is 91.4 Å². The number of pyridine rings is 5. The normalized spacial score (nSPS) is 14.2. The van der Waals surface area contributed by atoms with Crippen molar-refractivity contribution in [3.63, 3.8) is 0 Å². The molecule has 10 heterocycles. The zero-order chi connectivity index (χ0) is 61.1. The van der Waals surface area contributed by atoms with Gasteiger partial charge in [-0.15, -0.1) is 0 Å². The largest absolute Gasteiger partial charge is 0.289 e. The molecule has 1 aromatic carbocycles. The van der Waals surface area contributed by atoms with E-state index in [1.54, 1.807) is 56.1 Å². The maximum Gasteiger partial charge on any atom is 0.116 e. The van der Waals surface area contributed by atoms with Crippen LogP contribution in [0.15, 0.2) is 265 Å². The van der Waals surface area contributed by atoms with Gasteiger partial charge in [-0.2, -0.15) is 0 Å². The van der Waals surface area contributed by atoms with Crippen LogP contribution in [0.3, 0.4) is 0 Å². The Kier molecular flexibility index (Phi) is 28.4. The Balaban J connectivity index is 0.000000126. The first-order chi connectivity index (χ1) is 44.3. The highest BCUT2D eigenvalue weighted by Gasteiger charge is 2.07. The minimum Gasteiger partial charge on any atom is -0.289 e. The molecule has 7 aromatic heterocycles. The Morgan fingerprint density at radius 2 is 0.921 bits per heavy atom. The first-order valence-corrected chi connectivity index (χ1v) is 29.8. The molecular formula is C76H73N13. The molecule has 0 saturated carbocycles. The van der Waals surface area contributed by atoms with Gasteiger partial charge in [-0.1, -0.05) is 146 Å². The SMILES string of the molecule is C1=CCC=C1.C1=CCN=C1.C1=CN=CC1.C1=Cc2ccccc2C1.C1=Cc2cccnc2C1.C1=Cc2ccncc2C1.C1=Cc2cnccc2C1.C1=Cc2ncccc2C1.C1=Cc2nccnc2C1.C1=Cc2ncncc2C1.C1=NC=NC1.c1ccncc1. The molecule has 89 heavy (non-hydrogen) atoms. The molecule has 0 N–H and O–H groups in total. The molecule has 19 rings (SSSR count). The highest BCUT2D eigenvalue weighted by atomic mass is 14.9. The molecule has 0 fully saturated rings. The summed E-state index contributed by atoms with van der Waals surface area (Å²) < 4.78 is 0. The Morgan fingerprint density at radius 3 is 1.54 bits per heavy atom. The third-order valence-electron chi connectivity index (χ3n) is 13.5. The van der Waals surface area contributed by atoms with Gasteiger partial charge in [0.2, 0.25) is 0 Å². The van der Waals surface area contributed by atoms with Crippen LogP contribution < -0.4 is 0 Å². The highest BCUT2D eigenvalue weighted by Crippen LogP contribution is 2.20. The summed E-state index contributed by atoms with van der Waals surface area (Å²) in [7, 11) is 0. The van der Waals surface area contributed by atoms with Gasteiger partial charge in [-0.3, -0.25) is 49.9 Å². The van der Waals surface area contributed by atoms with Crippen molar-refractivity contribution in [3.05, 3.63) is 323 Å². The summed E-state index contributed by atoms with van der Waals surface area (Å²) >= 11 is 0. The van der Waals surface area contributed by atoms with E-state index in [1.165, 1.54) is 55.8 Å². The smallest absolute Gasteiger partial charge is 0.116 e. The van der Waals surface area contributed by atoms with Crippen molar-refractivity contribution in [1.82, 2.24) is 44.9 Å². The maximum atomic E-state index is 4.20. The molecule has 0 spiro atoms. The van der Waals surface area contributed by atoms with E-state index < -0.39 is 0 Å². The van der Waals surface area contributed by atoms with Crippen LogP contribution in [0.2, 0.25) is 0 Å². The lowest BCUT2D eigenvalue weighted by molar-refractivity contribution is 1.07. The number of nitrogens with zero attached hydrogens (tertiary/aromatic N) is 13. The van der Waals surface area contributed by atoms with E-state index in [0.29, 0.717) is 0 Å². The Bertz CT molecular complexity index is 3210. The van der Waals surface area contributed by atoms with Crippen LogP contribution in [0.4, 0.5) is 0 Å². The molecule has 442 valence electrons. The van der Waals surface area contributed by atoms with Gasteiger partial charge < -0.3 is 0 Å². The summed E-state index contributed by atoms with van der Waals surface area (Å²) in [6, 6.07) is 26.5. The topological polar surface area (TPSA) is 165 Å². The van der Waals surface area contributed by atoms with Gasteiger partial charge in [0, 0.05) is 112 Å². The van der Waals surface area contributed by atoms with Crippen molar-refractivity contribution in [1.29, 1.82) is 0 Å². The first-order valence-electron chi connectivity index (χ1n) is 29.8. The average molecular weight is 1170 g/mol. The summed E-state index contributed by atoms with van der Waals surface area (Å²) in [5, 5.41) is 0. The number of allylic oxidation sites excluding steroid dienone is 13. The number of benzene rings is 1. The zero-order valence-corrected chi connectivity index (χ0v) is 50.0. The number of hydrogen-bond donors (Lipinski definition) is 0. The predicted molar refractivity (Wildman–Crippen MR) is 370 cm³/mol. The van der Waals surface area contributed by atoms with E-state index in [2.05, 4.69) is 205 Å². The lowest BCUT2D eigenvalue weighted by Gasteiger charge is -1.93. The van der Waals surface area contributed by atoms with Crippen LogP contribution in [-0.4, -0.2) is 82.9 Å². The molecule has 11 aliphatic rings. The Labute approximate surface area is 523 Å². The summed E-state index contributed by atoms with van der Waals surface area (Å²) in [6.07, 6.45) is 83.7. The minimum atomic E-state index is 0.778. The number of rotatable bonds is 0. The molecule has 13 heteroatoms. The molecule has 0 atom stereocenters. The van der Waals surface area contributed by atoms with E-state index in [-0.39, 0.29) is 0 Å². The minimum absolute atomic E-state index is 0.778. The van der Waals surface area contributed by atoms with Gasteiger partial charge in [0.15, 0.2) is 0 Å². The molecule has 0 unspecified atom stereocenters. The molecule has 8 aliphatic carbocycles. The summed E-state index contributed by atoms with van der Waals surface area (Å²) in [4.78, 5) is 51.4. The fraction of sp³-hybridized carbons (Fsp3) is 0.145. The predicted octanol–water partition coefficient (Wildman–Crippen LogP) is 15.2. The van der Waals surface area contributed by atoms with E-state index in [4.69, 9.17) is 0 Å². The number of hydrogen-bond acceptors (Lipinski definition) is 13. The quantitative estimate of drug-likeness (QED) is 0.144. The average Bonchev–Trinajstić information content (AvgIpc) is 4.49. The highest BCUT2D eigenvalue weighted by molar-refractivity contribution is 5.79. The number of aliphatic imine (C=N–C) groups is 4. The lowest BCUT2D eigenvalue weighted by atomic mass is 10.1. The van der Waals surface area contributed by atoms with E-state index in [1.807, 2.05) is 116 Å². The second-order valence-corrected chi connectivity index (χ2v) is 19.8. The van der Waals surface area contributed by atoms with Crippen molar-refractivity contribution in [2.24, 2.45) is 20.0 Å². The van der Waals surface area contributed by atoms with Crippen LogP contribution in [0.25, 0.3) is 42.5 Å². The first kappa shape index (κ1) is 64.0. The van der Waals surface area contributed by atoms with Gasteiger partial charge >= 0.3 is 0 Å². The van der Waals surface area contributed by atoms with Crippen molar-refractivity contribution in [3.8, 4) is 0 Å². The molecule has 0 saturated heterocycles. The van der Waals surface area contributed by atoms with Crippen LogP contribution in [-0.2, 0) is 44.9 Å². The maximum absolute atomic E-state index is 4.20. The molecule has 0 radical (unpaired) electrons. The van der Waals surface area contributed by atoms with Crippen molar-refractivity contribution in [2.45, 2.75) is 57.8 Å². The van der Waals surface area contributed by atoms with Crippen LogP contribution >= 0.6 is 0 Å². The van der Waals surface area contributed by atoms with Gasteiger partial charge in [0.05, 0.1) is 41.6 Å². The van der Waals surface area contributed by atoms with Crippen molar-refractivity contribution >= 4 is 67.5 Å². The third-order valence-corrected chi connectivity index (χ3v) is 13.5. The molecule has 0 bridgehead atoms. The Hall–Kier alpha value is -11.1. The molecule has 8 aromatic rings.